The summed E-state index contributed by atoms with van der Waals surface area (Å²) in [4.78, 5) is 16.5. The average molecular weight is 395 g/mol. The minimum atomic E-state index is 0.732. The molecule has 0 bridgehead atoms. The minimum absolute atomic E-state index is 0.732. The maximum Gasteiger partial charge on any atom is 0.162 e. The lowest BCUT2D eigenvalue weighted by atomic mass is 10.0. The SMILES string of the molecule is CCN(CC)c1cc(-c2cncc(-c3ccc(C)cc3)c2)nc(-c2ccccc2)n1. The molecule has 2 aromatic carbocycles. The Labute approximate surface area is 178 Å². The van der Waals surface area contributed by atoms with Crippen LogP contribution in [0.4, 0.5) is 5.82 Å². The third-order valence-electron chi connectivity index (χ3n) is 5.25. The summed E-state index contributed by atoms with van der Waals surface area (Å²) >= 11 is 0. The fourth-order valence-corrected chi connectivity index (χ4v) is 3.49. The van der Waals surface area contributed by atoms with E-state index in [1.165, 1.54) is 5.56 Å². The van der Waals surface area contributed by atoms with E-state index in [9.17, 15) is 0 Å². The maximum atomic E-state index is 4.90. The predicted molar refractivity (Wildman–Crippen MR) is 124 cm³/mol. The summed E-state index contributed by atoms with van der Waals surface area (Å²) in [5, 5.41) is 0. The van der Waals surface area contributed by atoms with Crippen molar-refractivity contribution in [2.24, 2.45) is 0 Å². The summed E-state index contributed by atoms with van der Waals surface area (Å²) in [7, 11) is 0. The zero-order valence-electron chi connectivity index (χ0n) is 17.7. The lowest BCUT2D eigenvalue weighted by Crippen LogP contribution is -2.23. The molecule has 30 heavy (non-hydrogen) atoms. The zero-order chi connectivity index (χ0) is 20.9. The van der Waals surface area contributed by atoms with E-state index in [2.05, 4.69) is 67.1 Å². The molecule has 2 aromatic heterocycles. The minimum Gasteiger partial charge on any atom is -0.357 e. The van der Waals surface area contributed by atoms with Gasteiger partial charge in [0.05, 0.1) is 5.69 Å². The molecule has 0 spiro atoms. The first-order chi connectivity index (χ1) is 14.7. The van der Waals surface area contributed by atoms with Crippen LogP contribution in [0, 0.1) is 6.92 Å². The van der Waals surface area contributed by atoms with Crippen LogP contribution in [0.5, 0.6) is 0 Å². The van der Waals surface area contributed by atoms with Crippen LogP contribution in [0.25, 0.3) is 33.8 Å². The van der Waals surface area contributed by atoms with Gasteiger partial charge in [-0.2, -0.15) is 0 Å². The van der Waals surface area contributed by atoms with Gasteiger partial charge in [-0.15, -0.1) is 0 Å². The topological polar surface area (TPSA) is 41.9 Å². The Kier molecular flexibility index (Phi) is 5.84. The predicted octanol–water partition coefficient (Wildman–Crippen LogP) is 6.03. The number of nitrogens with zero attached hydrogens (tertiary/aromatic N) is 4. The van der Waals surface area contributed by atoms with Gasteiger partial charge in [-0.1, -0.05) is 60.2 Å². The molecule has 0 unspecified atom stereocenters. The highest BCUT2D eigenvalue weighted by molar-refractivity contribution is 5.73. The molecule has 0 aliphatic heterocycles. The number of hydrogen-bond acceptors (Lipinski definition) is 4. The Balaban J connectivity index is 1.82. The maximum absolute atomic E-state index is 4.90. The van der Waals surface area contributed by atoms with Crippen LogP contribution in [0.1, 0.15) is 19.4 Å². The van der Waals surface area contributed by atoms with Crippen molar-refractivity contribution in [2.45, 2.75) is 20.8 Å². The summed E-state index contributed by atoms with van der Waals surface area (Å²) in [5.74, 6) is 1.67. The fourth-order valence-electron chi connectivity index (χ4n) is 3.49. The molecule has 0 atom stereocenters. The number of aryl methyl sites for hydroxylation is 1. The van der Waals surface area contributed by atoms with Crippen LogP contribution in [0.3, 0.4) is 0 Å². The smallest absolute Gasteiger partial charge is 0.162 e. The van der Waals surface area contributed by atoms with E-state index in [1.54, 1.807) is 0 Å². The molecule has 4 rings (SSSR count). The molecule has 0 aliphatic carbocycles. The van der Waals surface area contributed by atoms with Crippen LogP contribution in [0.2, 0.25) is 0 Å². The molecule has 0 fully saturated rings. The first-order valence-electron chi connectivity index (χ1n) is 10.4. The summed E-state index contributed by atoms with van der Waals surface area (Å²) in [5.41, 5.74) is 6.35. The number of pyridine rings is 1. The van der Waals surface area contributed by atoms with Gasteiger partial charge in [-0.3, -0.25) is 4.98 Å². The molecular weight excluding hydrogens is 368 g/mol. The Morgan fingerprint density at radius 3 is 2.10 bits per heavy atom. The number of aromatic nitrogens is 3. The van der Waals surface area contributed by atoms with Gasteiger partial charge in [0.15, 0.2) is 5.82 Å². The molecule has 4 aromatic rings. The quantitative estimate of drug-likeness (QED) is 0.400. The van der Waals surface area contributed by atoms with E-state index in [0.717, 1.165) is 52.7 Å². The molecule has 0 saturated heterocycles. The number of rotatable bonds is 6. The van der Waals surface area contributed by atoms with Crippen LogP contribution in [-0.2, 0) is 0 Å². The highest BCUT2D eigenvalue weighted by atomic mass is 15.2. The highest BCUT2D eigenvalue weighted by Crippen LogP contribution is 2.28. The van der Waals surface area contributed by atoms with Gasteiger partial charge < -0.3 is 4.90 Å². The first-order valence-corrected chi connectivity index (χ1v) is 10.4. The Hall–Kier alpha value is -3.53. The lowest BCUT2D eigenvalue weighted by Gasteiger charge is -2.21. The van der Waals surface area contributed by atoms with Crippen LogP contribution >= 0.6 is 0 Å². The van der Waals surface area contributed by atoms with Crippen molar-refractivity contribution in [3.8, 4) is 33.8 Å². The Morgan fingerprint density at radius 2 is 1.40 bits per heavy atom. The van der Waals surface area contributed by atoms with Crippen molar-refractivity contribution >= 4 is 5.82 Å². The third kappa shape index (κ3) is 4.23. The first kappa shape index (κ1) is 19.8. The summed E-state index contributed by atoms with van der Waals surface area (Å²) in [6.45, 7) is 8.17. The van der Waals surface area contributed by atoms with Crippen molar-refractivity contribution in [1.29, 1.82) is 0 Å². The molecule has 0 amide bonds. The van der Waals surface area contributed by atoms with Gasteiger partial charge in [0, 0.05) is 48.2 Å². The molecule has 2 heterocycles. The Morgan fingerprint density at radius 1 is 0.700 bits per heavy atom. The fraction of sp³-hybridized carbons (Fsp3) is 0.192. The molecular formula is C26H26N4. The third-order valence-corrected chi connectivity index (χ3v) is 5.25. The van der Waals surface area contributed by atoms with Gasteiger partial charge in [0.25, 0.3) is 0 Å². The second-order valence-corrected chi connectivity index (χ2v) is 7.30. The van der Waals surface area contributed by atoms with E-state index in [0.29, 0.717) is 0 Å². The van der Waals surface area contributed by atoms with Gasteiger partial charge in [-0.25, -0.2) is 9.97 Å². The summed E-state index contributed by atoms with van der Waals surface area (Å²) in [6, 6.07) is 22.9. The largest absolute Gasteiger partial charge is 0.357 e. The lowest BCUT2D eigenvalue weighted by molar-refractivity contribution is 0.843. The van der Waals surface area contributed by atoms with E-state index in [1.807, 2.05) is 42.7 Å². The van der Waals surface area contributed by atoms with Crippen molar-refractivity contribution in [2.75, 3.05) is 18.0 Å². The van der Waals surface area contributed by atoms with Crippen molar-refractivity contribution in [3.05, 3.63) is 84.7 Å². The molecule has 0 N–H and O–H groups in total. The normalized spacial score (nSPS) is 10.8. The molecule has 4 heteroatoms. The van der Waals surface area contributed by atoms with Gasteiger partial charge in [-0.05, 0) is 32.4 Å². The van der Waals surface area contributed by atoms with Gasteiger partial charge in [0.1, 0.15) is 5.82 Å². The van der Waals surface area contributed by atoms with Gasteiger partial charge >= 0.3 is 0 Å². The van der Waals surface area contributed by atoms with Crippen LogP contribution in [0.15, 0.2) is 79.1 Å². The molecule has 150 valence electrons. The Bertz CT molecular complexity index is 1120. The van der Waals surface area contributed by atoms with Crippen molar-refractivity contribution < 1.29 is 0 Å². The molecule has 0 radical (unpaired) electrons. The molecule has 0 aliphatic rings. The summed E-state index contributed by atoms with van der Waals surface area (Å²) < 4.78 is 0. The molecule has 4 nitrogen and oxygen atoms in total. The number of anilines is 1. The number of hydrogen-bond donors (Lipinski definition) is 0. The van der Waals surface area contributed by atoms with Crippen LogP contribution in [-0.4, -0.2) is 28.0 Å². The zero-order valence-corrected chi connectivity index (χ0v) is 17.7. The monoisotopic (exact) mass is 394 g/mol. The second kappa shape index (κ2) is 8.87. The standard InChI is InChI=1S/C26H26N4/c1-4-30(5-2)25-16-24(28-26(29-25)21-9-7-6-8-10-21)23-15-22(17-27-18-23)20-13-11-19(3)12-14-20/h6-18H,4-5H2,1-3H3. The van der Waals surface area contributed by atoms with Crippen molar-refractivity contribution in [3.63, 3.8) is 0 Å². The number of benzene rings is 2. The molecule has 0 saturated carbocycles. The summed E-state index contributed by atoms with van der Waals surface area (Å²) in [6.07, 6.45) is 3.78. The van der Waals surface area contributed by atoms with E-state index >= 15 is 0 Å². The van der Waals surface area contributed by atoms with E-state index in [4.69, 9.17) is 9.97 Å². The van der Waals surface area contributed by atoms with E-state index < -0.39 is 0 Å². The van der Waals surface area contributed by atoms with Gasteiger partial charge in [0.2, 0.25) is 0 Å². The second-order valence-electron chi connectivity index (χ2n) is 7.30. The van der Waals surface area contributed by atoms with Crippen molar-refractivity contribution in [1.82, 2.24) is 15.0 Å². The average Bonchev–Trinajstić information content (AvgIpc) is 2.81. The van der Waals surface area contributed by atoms with Crippen LogP contribution < -0.4 is 4.90 Å². The van der Waals surface area contributed by atoms with E-state index in [-0.39, 0.29) is 0 Å². The highest BCUT2D eigenvalue weighted by Gasteiger charge is 2.13.